The van der Waals surface area contributed by atoms with E-state index in [9.17, 15) is 39.3 Å². The molecule has 1 aliphatic heterocycles. The van der Waals surface area contributed by atoms with E-state index in [0.29, 0.717) is 5.57 Å². The summed E-state index contributed by atoms with van der Waals surface area (Å²) in [4.78, 5) is 81.5. The molecule has 1 amide bonds. The molecule has 11 atom stereocenters. The normalized spacial score (nSPS) is 33.6. The van der Waals surface area contributed by atoms with Gasteiger partial charge in [0.1, 0.15) is 23.9 Å². The van der Waals surface area contributed by atoms with Crippen molar-refractivity contribution in [1.29, 1.82) is 0 Å². The molecule has 3 aliphatic carbocycles. The van der Waals surface area contributed by atoms with Crippen LogP contribution in [0.2, 0.25) is 0 Å². The van der Waals surface area contributed by atoms with Gasteiger partial charge in [-0.1, -0.05) is 50.6 Å². The van der Waals surface area contributed by atoms with Crippen LogP contribution in [0.25, 0.3) is 0 Å². The number of ether oxygens (including phenoxy) is 6. The lowest BCUT2D eigenvalue weighted by atomic mass is 9.45. The molecule has 1 saturated heterocycles. The molecule has 3 fully saturated rings. The van der Waals surface area contributed by atoms with Gasteiger partial charge in [-0.3, -0.25) is 14.4 Å². The maximum atomic E-state index is 15.3. The predicted molar refractivity (Wildman–Crippen MR) is 198 cm³/mol. The number of esters is 4. The van der Waals surface area contributed by atoms with Gasteiger partial charge in [-0.2, -0.15) is 0 Å². The number of benzene rings is 1. The zero-order chi connectivity index (χ0) is 42.4. The van der Waals surface area contributed by atoms with Crippen molar-refractivity contribution in [2.45, 2.75) is 123 Å². The molecule has 16 heteroatoms. The average Bonchev–Trinajstić information content (AvgIpc) is 3.12. The van der Waals surface area contributed by atoms with E-state index in [4.69, 9.17) is 28.4 Å². The third kappa shape index (κ3) is 7.48. The van der Waals surface area contributed by atoms with Crippen molar-refractivity contribution in [3.8, 4) is 0 Å². The van der Waals surface area contributed by atoms with Gasteiger partial charge in [0.25, 0.3) is 0 Å². The summed E-state index contributed by atoms with van der Waals surface area (Å²) in [5.41, 5.74) is -7.16. The van der Waals surface area contributed by atoms with Gasteiger partial charge in [-0.05, 0) is 45.4 Å². The number of Topliss-reactive ketones (excluding diaryl/α,β-unsaturated/α-hetero) is 1. The number of carbonyl (C=O) groups excluding carboxylic acids is 6. The number of ketones is 1. The number of nitrogens with one attached hydrogen (secondary N) is 1. The fraction of sp³-hybridized carbons (Fsp3) is 0.610. The Labute approximate surface area is 330 Å². The van der Waals surface area contributed by atoms with Gasteiger partial charge in [-0.25, -0.2) is 14.4 Å². The van der Waals surface area contributed by atoms with Crippen LogP contribution < -0.4 is 5.32 Å². The number of aliphatic hydroxyl groups is 3. The molecular weight excluding hydrogens is 746 g/mol. The van der Waals surface area contributed by atoms with Crippen molar-refractivity contribution < 1.29 is 72.5 Å². The molecule has 2 saturated carbocycles. The highest BCUT2D eigenvalue weighted by atomic mass is 16.6. The highest BCUT2D eigenvalue weighted by Crippen LogP contribution is 2.65. The van der Waals surface area contributed by atoms with Gasteiger partial charge in [0.05, 0.1) is 42.3 Å². The van der Waals surface area contributed by atoms with Crippen molar-refractivity contribution in [3.63, 3.8) is 0 Å². The second kappa shape index (κ2) is 16.0. The molecule has 0 aromatic heterocycles. The van der Waals surface area contributed by atoms with Crippen molar-refractivity contribution in [1.82, 2.24) is 5.32 Å². The molecule has 4 N–H and O–H groups in total. The molecule has 1 heterocycles. The summed E-state index contributed by atoms with van der Waals surface area (Å²) in [6, 6.07) is 6.50. The quantitative estimate of drug-likeness (QED) is 0.152. The van der Waals surface area contributed by atoms with E-state index in [2.05, 4.69) is 5.32 Å². The summed E-state index contributed by atoms with van der Waals surface area (Å²) in [5, 5.41) is 39.2. The predicted octanol–water partition coefficient (Wildman–Crippen LogP) is 2.85. The van der Waals surface area contributed by atoms with E-state index >= 15 is 4.79 Å². The minimum Gasteiger partial charge on any atom is -0.460 e. The lowest BCUT2D eigenvalue weighted by molar-refractivity contribution is -0.345. The second-order valence-electron chi connectivity index (χ2n) is 16.3. The Bertz CT molecular complexity index is 1850. The summed E-state index contributed by atoms with van der Waals surface area (Å²) < 4.78 is 34.8. The minimum atomic E-state index is -2.37. The van der Waals surface area contributed by atoms with Crippen LogP contribution in [-0.2, 0) is 47.6 Å². The monoisotopic (exact) mass is 799 g/mol. The number of amides is 1. The summed E-state index contributed by atoms with van der Waals surface area (Å²) in [5.74, 6) is -7.90. The number of hydrogen-bond donors (Lipinski definition) is 4. The third-order valence-corrected chi connectivity index (χ3v) is 12.1. The van der Waals surface area contributed by atoms with Crippen LogP contribution in [0.3, 0.4) is 0 Å². The van der Waals surface area contributed by atoms with Gasteiger partial charge in [-0.15, -0.1) is 0 Å². The summed E-state index contributed by atoms with van der Waals surface area (Å²) >= 11 is 0. The highest BCUT2D eigenvalue weighted by molar-refractivity contribution is 6.02. The summed E-state index contributed by atoms with van der Waals surface area (Å²) in [6.45, 7) is 12.9. The number of carbonyl (C=O) groups is 6. The Morgan fingerprint density at radius 3 is 2.21 bits per heavy atom. The molecule has 9 unspecified atom stereocenters. The van der Waals surface area contributed by atoms with Crippen LogP contribution in [0.1, 0.15) is 85.5 Å². The Kier molecular flexibility index (Phi) is 12.2. The van der Waals surface area contributed by atoms with Crippen LogP contribution in [0.15, 0.2) is 53.3 Å². The Morgan fingerprint density at radius 1 is 1.02 bits per heavy atom. The number of hydrogen-bond acceptors (Lipinski definition) is 15. The number of aliphatic hydroxyl groups excluding tert-OH is 2. The maximum Gasteiger partial charge on any atom is 0.407 e. The minimum absolute atomic E-state index is 0.00427. The first-order chi connectivity index (χ1) is 26.6. The van der Waals surface area contributed by atoms with Crippen molar-refractivity contribution >= 4 is 35.8 Å². The average molecular weight is 800 g/mol. The summed E-state index contributed by atoms with van der Waals surface area (Å²) in [7, 11) is 0. The van der Waals surface area contributed by atoms with Crippen LogP contribution in [-0.4, -0.2) is 112 Å². The molecule has 16 nitrogen and oxygen atoms in total. The van der Waals surface area contributed by atoms with Crippen LogP contribution in [0.5, 0.6) is 0 Å². The first-order valence-corrected chi connectivity index (χ1v) is 19.0. The fourth-order valence-corrected chi connectivity index (χ4v) is 9.26. The van der Waals surface area contributed by atoms with Crippen LogP contribution in [0.4, 0.5) is 4.79 Å². The van der Waals surface area contributed by atoms with E-state index in [0.717, 1.165) is 13.8 Å². The smallest absolute Gasteiger partial charge is 0.407 e. The Morgan fingerprint density at radius 2 is 1.67 bits per heavy atom. The molecule has 1 aromatic carbocycles. The lowest BCUT2D eigenvalue weighted by Gasteiger charge is -2.67. The van der Waals surface area contributed by atoms with Crippen molar-refractivity contribution in [3.05, 3.63) is 58.9 Å². The number of alkyl carbamates (subject to hydrolysis) is 1. The van der Waals surface area contributed by atoms with Crippen molar-refractivity contribution in [2.24, 2.45) is 22.7 Å². The van der Waals surface area contributed by atoms with Gasteiger partial charge in [0, 0.05) is 38.0 Å². The highest BCUT2D eigenvalue weighted by Gasteiger charge is 2.78. The number of fused-ring (bicyclic) bond motifs is 5. The largest absolute Gasteiger partial charge is 0.460 e. The summed E-state index contributed by atoms with van der Waals surface area (Å²) in [6.07, 6.45) is -8.03. The molecule has 0 radical (unpaired) electrons. The molecule has 2 bridgehead atoms. The van der Waals surface area contributed by atoms with E-state index < -0.39 is 118 Å². The molecule has 1 aromatic rings. The van der Waals surface area contributed by atoms with E-state index in [1.807, 2.05) is 0 Å². The van der Waals surface area contributed by atoms with Crippen molar-refractivity contribution in [2.75, 3.05) is 13.2 Å². The molecular formula is C41H53NO15. The second-order valence-corrected chi connectivity index (χ2v) is 16.3. The topological polar surface area (TPSA) is 231 Å². The molecule has 312 valence electrons. The van der Waals surface area contributed by atoms with Gasteiger partial charge in [0.15, 0.2) is 17.5 Å². The fourth-order valence-electron chi connectivity index (χ4n) is 9.26. The molecule has 4 aliphatic rings. The maximum absolute atomic E-state index is 15.3. The molecule has 5 rings (SSSR count). The van der Waals surface area contributed by atoms with Gasteiger partial charge < -0.3 is 49.1 Å². The Hall–Kier alpha value is -4.64. The van der Waals surface area contributed by atoms with E-state index in [-0.39, 0.29) is 30.8 Å². The Balaban J connectivity index is 1.76. The van der Waals surface area contributed by atoms with E-state index in [1.165, 1.54) is 25.1 Å². The molecule has 0 spiro atoms. The zero-order valence-corrected chi connectivity index (χ0v) is 33.7. The van der Waals surface area contributed by atoms with Crippen LogP contribution in [0, 0.1) is 22.7 Å². The standard InChI is InChI=1S/C41H53NO15/c1-10-52-37(50)42-25(16-20(2)3)30(46)36(49)55-26-18-41(51)34(56-35(48)24-14-12-11-13-15-24)32-39(9,27(45)17-28-40(32,19-53-28)57-23(6)44)33(47)31(54-22(5)43)29(21(26)4)38(41,7)8/h11-16,21,25-28,30,32,34,45-46,51H,10,17-19H2,1-9H3,(H,42,50)/t21?,25?,26?,27?,28?,30?,32?,34?,39-,40+,41?/m1/s1. The zero-order valence-electron chi connectivity index (χ0n) is 33.7. The first kappa shape index (κ1) is 43.5. The van der Waals surface area contributed by atoms with Crippen LogP contribution >= 0.6 is 0 Å². The van der Waals surface area contributed by atoms with E-state index in [1.54, 1.807) is 59.7 Å². The lowest BCUT2D eigenvalue weighted by Crippen LogP contribution is -2.81. The third-order valence-electron chi connectivity index (χ3n) is 12.1. The number of allylic oxidation sites excluding steroid dienone is 2. The molecule has 57 heavy (non-hydrogen) atoms. The SMILES string of the molecule is CCOC(=O)NC(C=C(C)C)C(O)C(=O)OC1CC2(O)C(OC(=O)c3ccccc3)C3[C@]4(OC(C)=O)COC4CC(O)[C@@]3(C)C(=O)C(OC(C)=O)=C(C1C)C2(C)C. The van der Waals surface area contributed by atoms with Gasteiger partial charge >= 0.3 is 30.0 Å². The first-order valence-electron chi connectivity index (χ1n) is 19.0. The number of rotatable bonds is 10. The van der Waals surface area contributed by atoms with Gasteiger partial charge in [0.2, 0.25) is 5.78 Å².